The molecular weight excluding hydrogens is 234 g/mol. The van der Waals surface area contributed by atoms with Crippen LogP contribution in [-0.2, 0) is 4.79 Å². The van der Waals surface area contributed by atoms with Crippen molar-refractivity contribution in [3.8, 4) is 5.75 Å². The van der Waals surface area contributed by atoms with Gasteiger partial charge in [-0.2, -0.15) is 0 Å². The molecule has 0 saturated carbocycles. The molecule has 0 aliphatic rings. The van der Waals surface area contributed by atoms with Crippen LogP contribution in [0.15, 0.2) is 18.3 Å². The first-order valence-corrected chi connectivity index (χ1v) is 5.57. The number of carbonyl (C=O) groups excluding carboxylic acids is 2. The lowest BCUT2D eigenvalue weighted by molar-refractivity contribution is -0.317. The number of ketones is 1. The second kappa shape index (κ2) is 5.16. The smallest absolute Gasteiger partial charge is 0.181 e. The number of Topliss-reactive ketones (excluding diaryl/α,β-unsaturated/α-hetero) is 1. The molecule has 0 N–H and O–H groups in total. The second-order valence-corrected chi connectivity index (χ2v) is 5.09. The third-order valence-corrected chi connectivity index (χ3v) is 2.35. The summed E-state index contributed by atoms with van der Waals surface area (Å²) in [7, 11) is 0. The highest BCUT2D eigenvalue weighted by Crippen LogP contribution is 2.26. The van der Waals surface area contributed by atoms with Crippen LogP contribution in [-0.4, -0.2) is 22.8 Å². The van der Waals surface area contributed by atoms with E-state index < -0.39 is 17.5 Å². The summed E-state index contributed by atoms with van der Waals surface area (Å²) in [5.74, 6) is -1.44. The van der Waals surface area contributed by atoms with Crippen LogP contribution < -0.4 is 9.84 Å². The average molecular weight is 250 g/mol. The van der Waals surface area contributed by atoms with E-state index in [4.69, 9.17) is 4.74 Å². The van der Waals surface area contributed by atoms with E-state index in [1.165, 1.54) is 19.2 Å². The molecule has 1 heterocycles. The molecule has 1 aromatic heterocycles. The maximum absolute atomic E-state index is 11.4. The summed E-state index contributed by atoms with van der Waals surface area (Å²) in [6.07, 6.45) is 0.300. The fourth-order valence-corrected chi connectivity index (χ4v) is 1.46. The predicted molar refractivity (Wildman–Crippen MR) is 63.1 cm³/mol. The Kier molecular flexibility index (Phi) is 4.06. The summed E-state index contributed by atoms with van der Waals surface area (Å²) in [6.45, 7) is 6.51. The van der Waals surface area contributed by atoms with Gasteiger partial charge in [-0.05, 0) is 12.1 Å². The van der Waals surface area contributed by atoms with Crippen molar-refractivity contribution in [3.05, 3.63) is 24.0 Å². The van der Waals surface area contributed by atoms with E-state index in [2.05, 4.69) is 4.98 Å². The highest BCUT2D eigenvalue weighted by atomic mass is 16.5. The minimum Gasteiger partial charge on any atom is -0.546 e. The molecule has 0 radical (unpaired) electrons. The van der Waals surface area contributed by atoms with E-state index in [0.29, 0.717) is 0 Å². The van der Waals surface area contributed by atoms with Gasteiger partial charge in [-0.25, -0.2) is 4.98 Å². The largest absolute Gasteiger partial charge is 0.546 e. The van der Waals surface area contributed by atoms with Crippen molar-refractivity contribution in [3.63, 3.8) is 0 Å². The van der Waals surface area contributed by atoms with Gasteiger partial charge in [-0.3, -0.25) is 4.79 Å². The standard InChI is InChI=1S/C13H17NO4/c1-8(15)10-9(6-5-7-14-10)18-11(12(16)17)13(2,3)4/h5-7,11H,1-4H3,(H,16,17)/p-1. The Morgan fingerprint density at radius 1 is 1.39 bits per heavy atom. The van der Waals surface area contributed by atoms with Crippen LogP contribution in [0.2, 0.25) is 0 Å². The molecule has 0 aliphatic heterocycles. The molecule has 0 saturated heterocycles. The highest BCUT2D eigenvalue weighted by Gasteiger charge is 2.29. The lowest BCUT2D eigenvalue weighted by Crippen LogP contribution is -2.47. The monoisotopic (exact) mass is 250 g/mol. The molecule has 1 aromatic rings. The van der Waals surface area contributed by atoms with Crippen molar-refractivity contribution in [2.75, 3.05) is 0 Å². The fourth-order valence-electron chi connectivity index (χ4n) is 1.46. The first kappa shape index (κ1) is 14.2. The molecule has 0 amide bonds. The number of pyridine rings is 1. The van der Waals surface area contributed by atoms with Crippen molar-refractivity contribution in [1.82, 2.24) is 4.98 Å². The van der Waals surface area contributed by atoms with Gasteiger partial charge in [-0.15, -0.1) is 0 Å². The van der Waals surface area contributed by atoms with E-state index >= 15 is 0 Å². The number of rotatable bonds is 4. The number of hydrogen-bond donors (Lipinski definition) is 0. The van der Waals surface area contributed by atoms with Crippen molar-refractivity contribution in [2.24, 2.45) is 5.41 Å². The molecular formula is C13H16NO4-. The molecule has 0 fully saturated rings. The van der Waals surface area contributed by atoms with Crippen LogP contribution in [0, 0.1) is 5.41 Å². The van der Waals surface area contributed by atoms with Crippen molar-refractivity contribution < 1.29 is 19.4 Å². The lowest BCUT2D eigenvalue weighted by atomic mass is 9.89. The van der Waals surface area contributed by atoms with Gasteiger partial charge < -0.3 is 14.6 Å². The Bertz CT molecular complexity index is 462. The first-order valence-electron chi connectivity index (χ1n) is 5.57. The molecule has 0 aliphatic carbocycles. The van der Waals surface area contributed by atoms with Gasteiger partial charge in [0.1, 0.15) is 17.5 Å². The maximum atomic E-state index is 11.4. The zero-order valence-electron chi connectivity index (χ0n) is 10.9. The van der Waals surface area contributed by atoms with E-state index in [-0.39, 0.29) is 17.2 Å². The van der Waals surface area contributed by atoms with Gasteiger partial charge in [0.25, 0.3) is 0 Å². The molecule has 98 valence electrons. The van der Waals surface area contributed by atoms with Crippen molar-refractivity contribution in [1.29, 1.82) is 0 Å². The Balaban J connectivity index is 3.09. The number of ether oxygens (including phenoxy) is 1. The van der Waals surface area contributed by atoms with Crippen LogP contribution in [0.3, 0.4) is 0 Å². The number of carbonyl (C=O) groups is 2. The third-order valence-electron chi connectivity index (χ3n) is 2.35. The molecule has 0 aromatic carbocycles. The van der Waals surface area contributed by atoms with Crippen LogP contribution in [0.1, 0.15) is 38.2 Å². The topological polar surface area (TPSA) is 79.3 Å². The predicted octanol–water partition coefficient (Wildman–Crippen LogP) is 0.828. The van der Waals surface area contributed by atoms with Gasteiger partial charge in [-0.1, -0.05) is 20.8 Å². The minimum absolute atomic E-state index is 0.119. The summed E-state index contributed by atoms with van der Waals surface area (Å²) in [6, 6.07) is 3.10. The Morgan fingerprint density at radius 2 is 2.00 bits per heavy atom. The molecule has 1 rings (SSSR count). The second-order valence-electron chi connectivity index (χ2n) is 5.09. The fraction of sp³-hybridized carbons (Fsp3) is 0.462. The summed E-state index contributed by atoms with van der Waals surface area (Å²) in [5.41, 5.74) is -0.532. The third kappa shape index (κ3) is 3.29. The Labute approximate surface area is 106 Å². The summed E-state index contributed by atoms with van der Waals surface area (Å²) in [4.78, 5) is 26.3. The van der Waals surface area contributed by atoms with Crippen LogP contribution >= 0.6 is 0 Å². The lowest BCUT2D eigenvalue weighted by Gasteiger charge is -2.32. The number of aliphatic carboxylic acids is 1. The van der Waals surface area contributed by atoms with Crippen LogP contribution in [0.4, 0.5) is 0 Å². The highest BCUT2D eigenvalue weighted by molar-refractivity contribution is 5.94. The van der Waals surface area contributed by atoms with Crippen LogP contribution in [0.25, 0.3) is 0 Å². The molecule has 5 heteroatoms. The number of hydrogen-bond acceptors (Lipinski definition) is 5. The van der Waals surface area contributed by atoms with E-state index in [0.717, 1.165) is 0 Å². The van der Waals surface area contributed by atoms with E-state index in [9.17, 15) is 14.7 Å². The normalized spacial score (nSPS) is 12.9. The number of carboxylic acid groups (broad SMARTS) is 1. The van der Waals surface area contributed by atoms with E-state index in [1.807, 2.05) is 0 Å². The molecule has 1 atom stereocenters. The number of carboxylic acids is 1. The quantitative estimate of drug-likeness (QED) is 0.739. The summed E-state index contributed by atoms with van der Waals surface area (Å²) < 4.78 is 5.39. The summed E-state index contributed by atoms with van der Waals surface area (Å²) in [5, 5.41) is 11.1. The SMILES string of the molecule is CC(=O)c1ncccc1OC(C(=O)[O-])C(C)(C)C. The average Bonchev–Trinajstić information content (AvgIpc) is 2.24. The van der Waals surface area contributed by atoms with Crippen LogP contribution in [0.5, 0.6) is 5.75 Å². The van der Waals surface area contributed by atoms with E-state index in [1.54, 1.807) is 26.8 Å². The van der Waals surface area contributed by atoms with Crippen molar-refractivity contribution >= 4 is 11.8 Å². The molecule has 5 nitrogen and oxygen atoms in total. The zero-order valence-corrected chi connectivity index (χ0v) is 10.9. The Hall–Kier alpha value is -1.91. The van der Waals surface area contributed by atoms with Gasteiger partial charge in [0.15, 0.2) is 5.78 Å². The molecule has 0 bridgehead atoms. The number of aromatic nitrogens is 1. The first-order chi connectivity index (χ1) is 8.23. The minimum atomic E-state index is -1.32. The summed E-state index contributed by atoms with van der Waals surface area (Å²) >= 11 is 0. The molecule has 1 unspecified atom stereocenters. The van der Waals surface area contributed by atoms with Crippen molar-refractivity contribution in [2.45, 2.75) is 33.8 Å². The molecule has 0 spiro atoms. The molecule has 18 heavy (non-hydrogen) atoms. The van der Waals surface area contributed by atoms with Gasteiger partial charge in [0.05, 0.1) is 5.97 Å². The Morgan fingerprint density at radius 3 is 2.44 bits per heavy atom. The van der Waals surface area contributed by atoms with Gasteiger partial charge in [0, 0.05) is 18.5 Å². The van der Waals surface area contributed by atoms with Gasteiger partial charge >= 0.3 is 0 Å². The zero-order chi connectivity index (χ0) is 13.9. The number of nitrogens with zero attached hydrogens (tertiary/aromatic N) is 1. The maximum Gasteiger partial charge on any atom is 0.181 e. The van der Waals surface area contributed by atoms with Gasteiger partial charge in [0.2, 0.25) is 0 Å².